The predicted octanol–water partition coefficient (Wildman–Crippen LogP) is 2.26. The molecule has 0 saturated carbocycles. The molecule has 1 aliphatic heterocycles. The van der Waals surface area contributed by atoms with Crippen molar-refractivity contribution in [3.05, 3.63) is 21.7 Å². The number of aromatic nitrogens is 2. The van der Waals surface area contributed by atoms with Crippen LogP contribution in [0.15, 0.2) is 0 Å². The van der Waals surface area contributed by atoms with Crippen molar-refractivity contribution in [3.8, 4) is 0 Å². The van der Waals surface area contributed by atoms with Crippen LogP contribution in [0.3, 0.4) is 0 Å². The molecule has 1 unspecified atom stereocenters. The van der Waals surface area contributed by atoms with Gasteiger partial charge >= 0.3 is 0 Å². The summed E-state index contributed by atoms with van der Waals surface area (Å²) in [5.74, 6) is 0.719. The molecule has 1 aromatic heterocycles. The lowest BCUT2D eigenvalue weighted by Crippen LogP contribution is -2.45. The smallest absolute Gasteiger partial charge is 0.150 e. The van der Waals surface area contributed by atoms with E-state index in [0.29, 0.717) is 10.3 Å². The quantitative estimate of drug-likeness (QED) is 0.782. The zero-order chi connectivity index (χ0) is 13.3. The Morgan fingerprint density at radius 2 is 1.78 bits per heavy atom. The van der Waals surface area contributed by atoms with Gasteiger partial charge in [0.2, 0.25) is 0 Å². The molecular weight excluding hydrogens is 271 g/mol. The SMILES string of the molecule is CCc1c(Cl)nc(C2CN(C)CCN2C)nc1Cl. The third kappa shape index (κ3) is 2.77. The number of likely N-dealkylation sites (N-methyl/N-ethyl adjacent to an activating group) is 2. The molecule has 0 N–H and O–H groups in total. The second-order valence-electron chi connectivity index (χ2n) is 4.75. The molecule has 2 rings (SSSR count). The average Bonchev–Trinajstić information content (AvgIpc) is 2.32. The van der Waals surface area contributed by atoms with Crippen molar-refractivity contribution < 1.29 is 0 Å². The summed E-state index contributed by atoms with van der Waals surface area (Å²) >= 11 is 12.3. The lowest BCUT2D eigenvalue weighted by Gasteiger charge is -2.36. The molecule has 1 fully saturated rings. The van der Waals surface area contributed by atoms with Gasteiger partial charge in [-0.3, -0.25) is 4.90 Å². The molecule has 0 spiro atoms. The van der Waals surface area contributed by atoms with Crippen molar-refractivity contribution in [1.29, 1.82) is 0 Å². The Balaban J connectivity index is 2.33. The molecule has 1 aliphatic rings. The average molecular weight is 289 g/mol. The van der Waals surface area contributed by atoms with E-state index >= 15 is 0 Å². The minimum atomic E-state index is 0.157. The molecule has 2 heterocycles. The summed E-state index contributed by atoms with van der Waals surface area (Å²) in [5, 5.41) is 0.961. The fourth-order valence-corrected chi connectivity index (χ4v) is 2.84. The first kappa shape index (κ1) is 14.0. The molecule has 0 amide bonds. The van der Waals surface area contributed by atoms with Gasteiger partial charge in [-0.25, -0.2) is 9.97 Å². The fraction of sp³-hybridized carbons (Fsp3) is 0.667. The fourth-order valence-electron chi connectivity index (χ4n) is 2.18. The standard InChI is InChI=1S/C12H18Cl2N4/c1-4-8-10(13)15-12(16-11(8)14)9-7-17(2)5-6-18(9)3/h9H,4-7H2,1-3H3. The van der Waals surface area contributed by atoms with Crippen molar-refractivity contribution in [2.45, 2.75) is 19.4 Å². The van der Waals surface area contributed by atoms with Gasteiger partial charge in [-0.15, -0.1) is 0 Å². The first-order chi connectivity index (χ1) is 8.52. The predicted molar refractivity (Wildman–Crippen MR) is 74.3 cm³/mol. The number of rotatable bonds is 2. The van der Waals surface area contributed by atoms with Gasteiger partial charge < -0.3 is 4.90 Å². The number of halogens is 2. The van der Waals surface area contributed by atoms with Crippen LogP contribution in [0.1, 0.15) is 24.4 Å². The topological polar surface area (TPSA) is 32.3 Å². The van der Waals surface area contributed by atoms with E-state index < -0.39 is 0 Å². The Labute approximate surface area is 118 Å². The number of nitrogens with zero attached hydrogens (tertiary/aromatic N) is 4. The highest BCUT2D eigenvalue weighted by Gasteiger charge is 2.27. The van der Waals surface area contributed by atoms with E-state index in [4.69, 9.17) is 23.2 Å². The number of hydrogen-bond acceptors (Lipinski definition) is 4. The molecule has 0 aromatic carbocycles. The van der Waals surface area contributed by atoms with Crippen LogP contribution < -0.4 is 0 Å². The summed E-state index contributed by atoms with van der Waals surface area (Å²) in [6.07, 6.45) is 0.748. The lowest BCUT2D eigenvalue weighted by molar-refractivity contribution is 0.109. The molecule has 6 heteroatoms. The van der Waals surface area contributed by atoms with Gasteiger partial charge in [0.15, 0.2) is 0 Å². The maximum Gasteiger partial charge on any atom is 0.150 e. The van der Waals surface area contributed by atoms with Gasteiger partial charge in [0.05, 0.1) is 6.04 Å². The van der Waals surface area contributed by atoms with E-state index in [-0.39, 0.29) is 6.04 Å². The highest BCUT2D eigenvalue weighted by atomic mass is 35.5. The maximum atomic E-state index is 6.17. The molecule has 100 valence electrons. The van der Waals surface area contributed by atoms with Crippen LogP contribution in [0.2, 0.25) is 10.3 Å². The highest BCUT2D eigenvalue weighted by Crippen LogP contribution is 2.27. The van der Waals surface area contributed by atoms with Crippen LogP contribution in [-0.4, -0.2) is 53.5 Å². The van der Waals surface area contributed by atoms with Crippen LogP contribution in [0.4, 0.5) is 0 Å². The van der Waals surface area contributed by atoms with Crippen LogP contribution in [0.25, 0.3) is 0 Å². The van der Waals surface area contributed by atoms with Gasteiger partial charge in [0, 0.05) is 25.2 Å². The van der Waals surface area contributed by atoms with Crippen molar-refractivity contribution in [3.63, 3.8) is 0 Å². The van der Waals surface area contributed by atoms with Crippen LogP contribution in [-0.2, 0) is 6.42 Å². The van der Waals surface area contributed by atoms with Crippen molar-refractivity contribution in [2.75, 3.05) is 33.7 Å². The van der Waals surface area contributed by atoms with E-state index in [1.165, 1.54) is 0 Å². The zero-order valence-corrected chi connectivity index (χ0v) is 12.5. The third-order valence-electron chi connectivity index (χ3n) is 3.43. The first-order valence-electron chi connectivity index (χ1n) is 6.13. The summed E-state index contributed by atoms with van der Waals surface area (Å²) in [4.78, 5) is 13.3. The Kier molecular flexibility index (Phi) is 4.43. The Bertz CT molecular complexity index is 415. The highest BCUT2D eigenvalue weighted by molar-refractivity contribution is 6.34. The normalized spacial score (nSPS) is 22.4. The molecule has 4 nitrogen and oxygen atoms in total. The lowest BCUT2D eigenvalue weighted by atomic mass is 10.1. The second kappa shape index (κ2) is 5.70. The largest absolute Gasteiger partial charge is 0.303 e. The van der Waals surface area contributed by atoms with E-state index in [1.807, 2.05) is 6.92 Å². The molecule has 0 radical (unpaired) electrons. The molecular formula is C12H18Cl2N4. The minimum Gasteiger partial charge on any atom is -0.303 e. The monoisotopic (exact) mass is 288 g/mol. The zero-order valence-electron chi connectivity index (χ0n) is 11.0. The molecule has 1 atom stereocenters. The Morgan fingerprint density at radius 3 is 2.33 bits per heavy atom. The van der Waals surface area contributed by atoms with Gasteiger partial charge in [-0.1, -0.05) is 30.1 Å². The van der Waals surface area contributed by atoms with Crippen molar-refractivity contribution >= 4 is 23.2 Å². The molecule has 18 heavy (non-hydrogen) atoms. The molecule has 1 saturated heterocycles. The van der Waals surface area contributed by atoms with Gasteiger partial charge in [0.1, 0.15) is 16.1 Å². The number of hydrogen-bond donors (Lipinski definition) is 0. The van der Waals surface area contributed by atoms with Crippen LogP contribution >= 0.6 is 23.2 Å². The maximum absolute atomic E-state index is 6.17. The van der Waals surface area contributed by atoms with Gasteiger partial charge in [-0.05, 0) is 20.5 Å². The summed E-state index contributed by atoms with van der Waals surface area (Å²) in [6, 6.07) is 0.157. The van der Waals surface area contributed by atoms with E-state index in [2.05, 4.69) is 33.9 Å². The van der Waals surface area contributed by atoms with E-state index in [0.717, 1.165) is 37.4 Å². The second-order valence-corrected chi connectivity index (χ2v) is 5.47. The summed E-state index contributed by atoms with van der Waals surface area (Å²) in [7, 11) is 4.18. The molecule has 0 bridgehead atoms. The summed E-state index contributed by atoms with van der Waals surface area (Å²) in [6.45, 7) is 4.95. The van der Waals surface area contributed by atoms with Crippen molar-refractivity contribution in [1.82, 2.24) is 19.8 Å². The van der Waals surface area contributed by atoms with Crippen molar-refractivity contribution in [2.24, 2.45) is 0 Å². The van der Waals surface area contributed by atoms with E-state index in [1.54, 1.807) is 0 Å². The third-order valence-corrected chi connectivity index (χ3v) is 4.05. The summed E-state index contributed by atoms with van der Waals surface area (Å²) < 4.78 is 0. The van der Waals surface area contributed by atoms with E-state index in [9.17, 15) is 0 Å². The molecule has 0 aliphatic carbocycles. The minimum absolute atomic E-state index is 0.157. The van der Waals surface area contributed by atoms with Gasteiger partial charge in [0.25, 0.3) is 0 Å². The summed E-state index contributed by atoms with van der Waals surface area (Å²) in [5.41, 5.74) is 0.828. The number of piperazine rings is 1. The van der Waals surface area contributed by atoms with Crippen LogP contribution in [0.5, 0.6) is 0 Å². The Morgan fingerprint density at radius 1 is 1.17 bits per heavy atom. The first-order valence-corrected chi connectivity index (χ1v) is 6.89. The Hall–Kier alpha value is -0.420. The molecule has 1 aromatic rings. The van der Waals surface area contributed by atoms with Gasteiger partial charge in [-0.2, -0.15) is 0 Å². The van der Waals surface area contributed by atoms with Crippen LogP contribution in [0, 0.1) is 0 Å².